The summed E-state index contributed by atoms with van der Waals surface area (Å²) in [7, 11) is 0. The number of aryl methyl sites for hydroxylation is 1. The topological polar surface area (TPSA) is 87.3 Å². The SMILES string of the molecule is CCc1ccccc1NC(=O)CNC(=O)CCCNC(=O)C12CC3CC(CC(C3)C1)C2. The monoisotopic (exact) mass is 425 g/mol. The van der Waals surface area contributed by atoms with Crippen LogP contribution in [0.2, 0.25) is 0 Å². The van der Waals surface area contributed by atoms with E-state index in [0.717, 1.165) is 54.7 Å². The normalized spacial score (nSPS) is 28.2. The third kappa shape index (κ3) is 5.10. The van der Waals surface area contributed by atoms with E-state index in [0.29, 0.717) is 19.4 Å². The molecule has 0 heterocycles. The quantitative estimate of drug-likeness (QED) is 0.530. The number of hydrogen-bond acceptors (Lipinski definition) is 3. The average Bonchev–Trinajstić information content (AvgIpc) is 2.74. The van der Waals surface area contributed by atoms with Gasteiger partial charge in [-0.2, -0.15) is 0 Å². The van der Waals surface area contributed by atoms with Gasteiger partial charge in [0.2, 0.25) is 17.7 Å². The maximum Gasteiger partial charge on any atom is 0.243 e. The highest BCUT2D eigenvalue weighted by Gasteiger charge is 2.54. The number of hydrogen-bond donors (Lipinski definition) is 3. The van der Waals surface area contributed by atoms with Crippen LogP contribution in [0.5, 0.6) is 0 Å². The molecule has 3 amide bonds. The molecule has 0 unspecified atom stereocenters. The summed E-state index contributed by atoms with van der Waals surface area (Å²) in [5, 5.41) is 8.63. The Bertz CT molecular complexity index is 800. The van der Waals surface area contributed by atoms with E-state index >= 15 is 0 Å². The zero-order valence-electron chi connectivity index (χ0n) is 18.5. The van der Waals surface area contributed by atoms with Crippen molar-refractivity contribution in [2.45, 2.75) is 64.7 Å². The number of nitrogens with one attached hydrogen (secondary N) is 3. The van der Waals surface area contributed by atoms with E-state index in [1.54, 1.807) is 0 Å². The maximum absolute atomic E-state index is 12.9. The minimum absolute atomic E-state index is 0.0451. The highest BCUT2D eigenvalue weighted by Crippen LogP contribution is 2.60. The fourth-order valence-corrected chi connectivity index (χ4v) is 6.44. The number of benzene rings is 1. The van der Waals surface area contributed by atoms with Crippen molar-refractivity contribution in [3.05, 3.63) is 29.8 Å². The molecule has 6 nitrogen and oxygen atoms in total. The predicted octanol–water partition coefficient (Wildman–Crippen LogP) is 3.42. The fraction of sp³-hybridized carbons (Fsp3) is 0.640. The molecule has 0 saturated heterocycles. The predicted molar refractivity (Wildman–Crippen MR) is 120 cm³/mol. The molecule has 1 aromatic carbocycles. The average molecular weight is 426 g/mol. The van der Waals surface area contributed by atoms with Gasteiger partial charge in [-0.25, -0.2) is 0 Å². The van der Waals surface area contributed by atoms with Crippen LogP contribution in [0.4, 0.5) is 5.69 Å². The van der Waals surface area contributed by atoms with Crippen molar-refractivity contribution < 1.29 is 14.4 Å². The highest BCUT2D eigenvalue weighted by atomic mass is 16.2. The number of amides is 3. The molecule has 0 aliphatic heterocycles. The van der Waals surface area contributed by atoms with Gasteiger partial charge in [-0.15, -0.1) is 0 Å². The molecule has 0 atom stereocenters. The summed E-state index contributed by atoms with van der Waals surface area (Å²) in [4.78, 5) is 37.1. The molecule has 31 heavy (non-hydrogen) atoms. The minimum atomic E-state index is -0.232. The third-order valence-corrected chi connectivity index (χ3v) is 7.50. The van der Waals surface area contributed by atoms with Crippen LogP contribution < -0.4 is 16.0 Å². The lowest BCUT2D eigenvalue weighted by Gasteiger charge is -2.55. The van der Waals surface area contributed by atoms with E-state index in [1.807, 2.05) is 31.2 Å². The number of para-hydroxylation sites is 1. The summed E-state index contributed by atoms with van der Waals surface area (Å²) >= 11 is 0. The Hall–Kier alpha value is -2.37. The number of rotatable bonds is 9. The molecule has 3 N–H and O–H groups in total. The van der Waals surface area contributed by atoms with Gasteiger partial charge in [-0.1, -0.05) is 25.1 Å². The van der Waals surface area contributed by atoms with Crippen LogP contribution in [0, 0.1) is 23.2 Å². The first-order valence-electron chi connectivity index (χ1n) is 11.9. The molecule has 6 heteroatoms. The summed E-state index contributed by atoms with van der Waals surface area (Å²) in [6.45, 7) is 2.51. The van der Waals surface area contributed by atoms with Crippen molar-refractivity contribution in [2.75, 3.05) is 18.4 Å². The van der Waals surface area contributed by atoms with Crippen LogP contribution in [-0.4, -0.2) is 30.8 Å². The highest BCUT2D eigenvalue weighted by molar-refractivity contribution is 5.95. The molecule has 4 saturated carbocycles. The molecule has 0 radical (unpaired) electrons. The fourth-order valence-electron chi connectivity index (χ4n) is 6.44. The summed E-state index contributed by atoms with van der Waals surface area (Å²) < 4.78 is 0. The largest absolute Gasteiger partial charge is 0.356 e. The van der Waals surface area contributed by atoms with Crippen LogP contribution in [0.25, 0.3) is 0 Å². The van der Waals surface area contributed by atoms with Crippen LogP contribution in [0.15, 0.2) is 24.3 Å². The maximum atomic E-state index is 12.9. The molecule has 4 bridgehead atoms. The molecule has 1 aromatic rings. The molecular formula is C25H35N3O3. The van der Waals surface area contributed by atoms with Crippen molar-refractivity contribution in [1.29, 1.82) is 0 Å². The van der Waals surface area contributed by atoms with Gasteiger partial charge >= 0.3 is 0 Å². The third-order valence-electron chi connectivity index (χ3n) is 7.50. The van der Waals surface area contributed by atoms with Crippen LogP contribution in [0.3, 0.4) is 0 Å². The van der Waals surface area contributed by atoms with Gasteiger partial charge in [0.05, 0.1) is 6.54 Å². The van der Waals surface area contributed by atoms with Gasteiger partial charge in [0.25, 0.3) is 0 Å². The summed E-state index contributed by atoms with van der Waals surface area (Å²) in [6.07, 6.45) is 8.87. The summed E-state index contributed by atoms with van der Waals surface area (Å²) in [5.74, 6) is 2.06. The smallest absolute Gasteiger partial charge is 0.243 e. The molecular weight excluding hydrogens is 390 g/mol. The second-order valence-electron chi connectivity index (χ2n) is 9.89. The number of carbonyl (C=O) groups is 3. The first-order chi connectivity index (χ1) is 15.0. The van der Waals surface area contributed by atoms with E-state index in [9.17, 15) is 14.4 Å². The van der Waals surface area contributed by atoms with Gasteiger partial charge in [0.1, 0.15) is 0 Å². The summed E-state index contributed by atoms with van der Waals surface area (Å²) in [5.41, 5.74) is 1.72. The van der Waals surface area contributed by atoms with Gasteiger partial charge in [-0.3, -0.25) is 14.4 Å². The van der Waals surface area contributed by atoms with Crippen LogP contribution >= 0.6 is 0 Å². The molecule has 5 rings (SSSR count). The van der Waals surface area contributed by atoms with Crippen molar-refractivity contribution in [3.63, 3.8) is 0 Å². The number of carbonyl (C=O) groups excluding carboxylic acids is 3. The van der Waals surface area contributed by atoms with E-state index in [4.69, 9.17) is 0 Å². The molecule has 0 aromatic heterocycles. The molecule has 4 aliphatic rings. The van der Waals surface area contributed by atoms with Gasteiger partial charge in [0, 0.05) is 24.1 Å². The van der Waals surface area contributed by atoms with E-state index in [2.05, 4.69) is 16.0 Å². The zero-order valence-corrected chi connectivity index (χ0v) is 18.5. The summed E-state index contributed by atoms with van der Waals surface area (Å²) in [6, 6.07) is 7.67. The lowest BCUT2D eigenvalue weighted by Crippen LogP contribution is -2.53. The van der Waals surface area contributed by atoms with E-state index in [-0.39, 0.29) is 29.7 Å². The Morgan fingerprint density at radius 2 is 1.58 bits per heavy atom. The molecule has 4 fully saturated rings. The van der Waals surface area contributed by atoms with Crippen molar-refractivity contribution in [1.82, 2.24) is 10.6 Å². The van der Waals surface area contributed by atoms with Gasteiger partial charge in [0.15, 0.2) is 0 Å². The standard InChI is InChI=1S/C25H35N3O3/c1-2-20-6-3-4-7-21(20)28-23(30)16-27-22(29)8-5-9-26-24(31)25-13-17-10-18(14-25)12-19(11-17)15-25/h3-4,6-7,17-19H,2,5,8-16H2,1H3,(H,26,31)(H,27,29)(H,28,30). The van der Waals surface area contributed by atoms with Gasteiger partial charge < -0.3 is 16.0 Å². The van der Waals surface area contributed by atoms with Crippen molar-refractivity contribution in [2.24, 2.45) is 23.2 Å². The lowest BCUT2D eigenvalue weighted by atomic mass is 9.49. The Kier molecular flexibility index (Phi) is 6.63. The zero-order chi connectivity index (χ0) is 21.8. The number of anilines is 1. The van der Waals surface area contributed by atoms with Crippen molar-refractivity contribution >= 4 is 23.4 Å². The molecule has 0 spiro atoms. The van der Waals surface area contributed by atoms with Crippen LogP contribution in [-0.2, 0) is 20.8 Å². The first-order valence-corrected chi connectivity index (χ1v) is 11.9. The Balaban J connectivity index is 1.13. The second kappa shape index (κ2) is 9.41. The second-order valence-corrected chi connectivity index (χ2v) is 9.89. The molecule has 168 valence electrons. The Morgan fingerprint density at radius 3 is 2.23 bits per heavy atom. The lowest BCUT2D eigenvalue weighted by molar-refractivity contribution is -0.146. The van der Waals surface area contributed by atoms with Gasteiger partial charge in [-0.05, 0) is 80.8 Å². The Labute approximate surface area is 184 Å². The minimum Gasteiger partial charge on any atom is -0.356 e. The van der Waals surface area contributed by atoms with Crippen molar-refractivity contribution in [3.8, 4) is 0 Å². The van der Waals surface area contributed by atoms with Crippen LogP contribution in [0.1, 0.15) is 63.9 Å². The van der Waals surface area contributed by atoms with E-state index in [1.165, 1.54) is 19.3 Å². The van der Waals surface area contributed by atoms with E-state index < -0.39 is 0 Å². The first kappa shape index (κ1) is 21.8. The Morgan fingerprint density at radius 1 is 0.935 bits per heavy atom. The molecule has 4 aliphatic carbocycles.